The molecule has 0 aliphatic rings. The summed E-state index contributed by atoms with van der Waals surface area (Å²) in [6, 6.07) is 16.7. The molecule has 1 unspecified atom stereocenters. The van der Waals surface area contributed by atoms with Crippen molar-refractivity contribution in [3.8, 4) is 5.75 Å². The Bertz CT molecular complexity index is 726. The fourth-order valence-corrected chi connectivity index (χ4v) is 2.01. The van der Waals surface area contributed by atoms with E-state index in [1.54, 1.807) is 24.3 Å². The van der Waals surface area contributed by atoms with Gasteiger partial charge in [0.2, 0.25) is 11.8 Å². The lowest BCUT2D eigenvalue weighted by Crippen LogP contribution is -2.13. The average molecular weight is 326 g/mol. The molecule has 0 aliphatic heterocycles. The Kier molecular flexibility index (Phi) is 6.48. The predicted octanol–water partition coefficient (Wildman–Crippen LogP) is 2.47. The smallest absolute Gasteiger partial charge is 0.233 e. The van der Waals surface area contributed by atoms with Crippen LogP contribution in [0.15, 0.2) is 59.0 Å². The maximum absolute atomic E-state index is 9.16. The highest BCUT2D eigenvalue weighted by Crippen LogP contribution is 2.17. The van der Waals surface area contributed by atoms with Crippen molar-refractivity contribution >= 4 is 0 Å². The number of nitrogens with zero attached hydrogens (tertiary/aromatic N) is 2. The van der Waals surface area contributed by atoms with Gasteiger partial charge in [-0.2, -0.15) is 0 Å². The summed E-state index contributed by atoms with van der Waals surface area (Å²) in [5, 5.41) is 16.7. The van der Waals surface area contributed by atoms with Gasteiger partial charge in [0, 0.05) is 0 Å². The van der Waals surface area contributed by atoms with Crippen LogP contribution in [-0.2, 0) is 13.0 Å². The van der Waals surface area contributed by atoms with E-state index in [-0.39, 0.29) is 18.3 Å². The quantitative estimate of drug-likeness (QED) is 0.679. The Morgan fingerprint density at radius 1 is 1.04 bits per heavy atom. The number of phenolic OH excluding ortho intramolecular Hbond substituents is 1. The summed E-state index contributed by atoms with van der Waals surface area (Å²) in [6.45, 7) is 2.29. The third-order valence-electron chi connectivity index (χ3n) is 3.31. The van der Waals surface area contributed by atoms with E-state index in [1.807, 2.05) is 18.2 Å². The molecule has 0 radical (unpaired) electrons. The Labute approximate surface area is 141 Å². The van der Waals surface area contributed by atoms with Gasteiger partial charge in [0.25, 0.3) is 0 Å². The highest BCUT2D eigenvalue weighted by molar-refractivity contribution is 5.26. The number of benzene rings is 2. The summed E-state index contributed by atoms with van der Waals surface area (Å²) in [5.41, 5.74) is 13.6. The molecule has 1 aromatic heterocycles. The first-order valence-corrected chi connectivity index (χ1v) is 7.66. The summed E-state index contributed by atoms with van der Waals surface area (Å²) < 4.78 is 5.27. The minimum Gasteiger partial charge on any atom is -0.508 e. The SMILES string of the molecule is Cc1ccccc1.NCc1nnc(C(N)Cc2ccc(O)cc2)o1. The summed E-state index contributed by atoms with van der Waals surface area (Å²) in [5.74, 6) is 0.977. The van der Waals surface area contributed by atoms with Crippen LogP contribution in [0.1, 0.15) is 29.0 Å². The maximum Gasteiger partial charge on any atom is 0.233 e. The molecule has 3 rings (SSSR count). The van der Waals surface area contributed by atoms with Crippen molar-refractivity contribution < 1.29 is 9.52 Å². The van der Waals surface area contributed by atoms with Gasteiger partial charge in [-0.25, -0.2) is 0 Å². The van der Waals surface area contributed by atoms with E-state index < -0.39 is 0 Å². The highest BCUT2D eigenvalue weighted by atomic mass is 16.4. The Hall–Kier alpha value is -2.70. The Morgan fingerprint density at radius 3 is 2.21 bits per heavy atom. The molecule has 0 bridgehead atoms. The predicted molar refractivity (Wildman–Crippen MR) is 92.1 cm³/mol. The minimum absolute atomic E-state index is 0.207. The van der Waals surface area contributed by atoms with Crippen molar-refractivity contribution in [2.75, 3.05) is 0 Å². The summed E-state index contributed by atoms with van der Waals surface area (Å²) in [4.78, 5) is 0. The lowest BCUT2D eigenvalue weighted by atomic mass is 10.1. The van der Waals surface area contributed by atoms with E-state index in [1.165, 1.54) is 5.56 Å². The van der Waals surface area contributed by atoms with E-state index in [4.69, 9.17) is 21.0 Å². The summed E-state index contributed by atoms with van der Waals surface area (Å²) >= 11 is 0. The number of hydrogen-bond donors (Lipinski definition) is 3. The summed E-state index contributed by atoms with van der Waals surface area (Å²) in [7, 11) is 0. The molecule has 0 amide bonds. The first-order chi connectivity index (χ1) is 11.6. The second kappa shape index (κ2) is 8.81. The van der Waals surface area contributed by atoms with Crippen LogP contribution in [0, 0.1) is 6.92 Å². The van der Waals surface area contributed by atoms with Crippen LogP contribution in [0.25, 0.3) is 0 Å². The second-order valence-electron chi connectivity index (χ2n) is 5.37. The first-order valence-electron chi connectivity index (χ1n) is 7.66. The minimum atomic E-state index is -0.368. The lowest BCUT2D eigenvalue weighted by molar-refractivity contribution is 0.417. The van der Waals surface area contributed by atoms with Gasteiger partial charge in [0.05, 0.1) is 12.6 Å². The van der Waals surface area contributed by atoms with Gasteiger partial charge in [0.1, 0.15) is 5.75 Å². The Balaban J connectivity index is 0.000000249. The zero-order valence-corrected chi connectivity index (χ0v) is 13.6. The fraction of sp³-hybridized carbons (Fsp3) is 0.222. The monoisotopic (exact) mass is 326 g/mol. The molecule has 3 aromatic rings. The molecule has 0 saturated heterocycles. The molecular weight excluding hydrogens is 304 g/mol. The number of phenols is 1. The second-order valence-corrected chi connectivity index (χ2v) is 5.37. The van der Waals surface area contributed by atoms with Crippen LogP contribution < -0.4 is 11.5 Å². The molecule has 5 N–H and O–H groups in total. The third-order valence-corrected chi connectivity index (χ3v) is 3.31. The molecule has 0 spiro atoms. The highest BCUT2D eigenvalue weighted by Gasteiger charge is 2.14. The molecule has 0 aliphatic carbocycles. The van der Waals surface area contributed by atoms with Crippen molar-refractivity contribution in [3.05, 3.63) is 77.5 Å². The van der Waals surface area contributed by atoms with Crippen molar-refractivity contribution in [1.29, 1.82) is 0 Å². The maximum atomic E-state index is 9.16. The van der Waals surface area contributed by atoms with Crippen LogP contribution in [0.5, 0.6) is 5.75 Å². The van der Waals surface area contributed by atoms with Crippen LogP contribution in [-0.4, -0.2) is 15.3 Å². The van der Waals surface area contributed by atoms with Crippen LogP contribution in [0.3, 0.4) is 0 Å². The van der Waals surface area contributed by atoms with Gasteiger partial charge in [0.15, 0.2) is 0 Å². The standard InChI is InChI=1S/C11H14N4O2.C7H8/c12-6-10-14-15-11(17-10)9(13)5-7-1-3-8(16)4-2-7;1-7-5-3-2-4-6-7/h1-4,9,16H,5-6,12-13H2;2-6H,1H3. The molecule has 2 aromatic carbocycles. The van der Waals surface area contributed by atoms with E-state index in [0.717, 1.165) is 5.56 Å². The average Bonchev–Trinajstić information content (AvgIpc) is 3.07. The number of aromatic nitrogens is 2. The van der Waals surface area contributed by atoms with E-state index in [2.05, 4.69) is 29.3 Å². The van der Waals surface area contributed by atoms with Gasteiger partial charge < -0.3 is 21.0 Å². The van der Waals surface area contributed by atoms with Gasteiger partial charge in [-0.15, -0.1) is 10.2 Å². The summed E-state index contributed by atoms with van der Waals surface area (Å²) in [6.07, 6.45) is 0.562. The van der Waals surface area contributed by atoms with Gasteiger partial charge in [-0.1, -0.05) is 48.0 Å². The molecule has 24 heavy (non-hydrogen) atoms. The normalized spacial score (nSPS) is 11.5. The topological polar surface area (TPSA) is 111 Å². The number of hydrogen-bond acceptors (Lipinski definition) is 6. The molecule has 1 heterocycles. The number of rotatable bonds is 4. The van der Waals surface area contributed by atoms with Crippen molar-refractivity contribution in [3.63, 3.8) is 0 Å². The zero-order chi connectivity index (χ0) is 17.4. The van der Waals surface area contributed by atoms with Crippen molar-refractivity contribution in [1.82, 2.24) is 10.2 Å². The zero-order valence-electron chi connectivity index (χ0n) is 13.6. The molecule has 0 fully saturated rings. The molecule has 6 nitrogen and oxygen atoms in total. The number of aryl methyl sites for hydroxylation is 1. The van der Waals surface area contributed by atoms with Crippen LogP contribution in [0.2, 0.25) is 0 Å². The van der Waals surface area contributed by atoms with Crippen LogP contribution >= 0.6 is 0 Å². The van der Waals surface area contributed by atoms with E-state index in [9.17, 15) is 0 Å². The molecule has 1 atom stereocenters. The fourth-order valence-electron chi connectivity index (χ4n) is 2.01. The van der Waals surface area contributed by atoms with Crippen molar-refractivity contribution in [2.45, 2.75) is 25.9 Å². The van der Waals surface area contributed by atoms with Gasteiger partial charge >= 0.3 is 0 Å². The Morgan fingerprint density at radius 2 is 1.71 bits per heavy atom. The van der Waals surface area contributed by atoms with E-state index in [0.29, 0.717) is 18.2 Å². The van der Waals surface area contributed by atoms with Crippen LogP contribution in [0.4, 0.5) is 0 Å². The largest absolute Gasteiger partial charge is 0.508 e. The first kappa shape index (κ1) is 17.7. The van der Waals surface area contributed by atoms with Crippen molar-refractivity contribution in [2.24, 2.45) is 11.5 Å². The third kappa shape index (κ3) is 5.49. The molecule has 126 valence electrons. The van der Waals surface area contributed by atoms with Gasteiger partial charge in [-0.3, -0.25) is 0 Å². The molecule has 0 saturated carbocycles. The lowest BCUT2D eigenvalue weighted by Gasteiger charge is -2.06. The number of nitrogens with two attached hydrogens (primary N) is 2. The number of aromatic hydroxyl groups is 1. The molecule has 6 heteroatoms. The van der Waals surface area contributed by atoms with Gasteiger partial charge in [-0.05, 0) is 31.0 Å². The molecular formula is C18H22N4O2. The van der Waals surface area contributed by atoms with E-state index >= 15 is 0 Å².